The molecular formula is C21H29N3O5S3. The second-order valence-corrected chi connectivity index (χ2v) is 12.6. The van der Waals surface area contributed by atoms with Crippen molar-refractivity contribution in [1.82, 2.24) is 13.9 Å². The first-order chi connectivity index (χ1) is 15.2. The highest BCUT2D eigenvalue weighted by molar-refractivity contribution is 7.98. The van der Waals surface area contributed by atoms with Crippen molar-refractivity contribution in [2.45, 2.75) is 24.3 Å². The summed E-state index contributed by atoms with van der Waals surface area (Å²) in [6.45, 7) is 2.28. The van der Waals surface area contributed by atoms with Crippen molar-refractivity contribution in [2.24, 2.45) is 0 Å². The van der Waals surface area contributed by atoms with Crippen LogP contribution in [-0.4, -0.2) is 81.9 Å². The van der Waals surface area contributed by atoms with Gasteiger partial charge in [-0.2, -0.15) is 16.1 Å². The molecule has 2 aromatic rings. The van der Waals surface area contributed by atoms with Crippen molar-refractivity contribution in [3.05, 3.63) is 42.5 Å². The lowest BCUT2D eigenvalue weighted by Gasteiger charge is -2.36. The molecule has 0 bridgehead atoms. The molecule has 0 radical (unpaired) electrons. The van der Waals surface area contributed by atoms with Gasteiger partial charge in [-0.15, -0.1) is 0 Å². The molecule has 176 valence electrons. The predicted molar refractivity (Wildman–Crippen MR) is 129 cm³/mol. The molecule has 0 aliphatic carbocycles. The predicted octanol–water partition coefficient (Wildman–Crippen LogP) is 1.73. The van der Waals surface area contributed by atoms with Crippen LogP contribution >= 0.6 is 11.8 Å². The lowest BCUT2D eigenvalue weighted by Crippen LogP contribution is -2.56. The Bertz CT molecular complexity index is 1160. The molecule has 1 aliphatic heterocycles. The van der Waals surface area contributed by atoms with Crippen LogP contribution in [0.2, 0.25) is 0 Å². The zero-order chi connectivity index (χ0) is 23.4. The van der Waals surface area contributed by atoms with Crippen molar-refractivity contribution in [2.75, 3.05) is 43.9 Å². The third-order valence-electron chi connectivity index (χ3n) is 5.52. The number of sulfonamides is 2. The minimum Gasteiger partial charge on any atom is -0.339 e. The molecule has 0 aromatic heterocycles. The van der Waals surface area contributed by atoms with Crippen LogP contribution in [0.1, 0.15) is 13.3 Å². The summed E-state index contributed by atoms with van der Waals surface area (Å²) in [6.07, 6.45) is 2.28. The van der Waals surface area contributed by atoms with Crippen LogP contribution in [0.15, 0.2) is 47.4 Å². The van der Waals surface area contributed by atoms with Crippen LogP contribution in [0.5, 0.6) is 0 Å². The van der Waals surface area contributed by atoms with E-state index in [1.54, 1.807) is 23.1 Å². The molecule has 32 heavy (non-hydrogen) atoms. The number of hydrogen-bond donors (Lipinski definition) is 1. The normalized spacial score (nSPS) is 16.9. The molecule has 1 amide bonds. The van der Waals surface area contributed by atoms with E-state index in [0.717, 1.165) is 10.8 Å². The fraction of sp³-hybridized carbons (Fsp3) is 0.476. The van der Waals surface area contributed by atoms with E-state index in [2.05, 4.69) is 4.72 Å². The molecule has 3 rings (SSSR count). The van der Waals surface area contributed by atoms with E-state index in [0.29, 0.717) is 12.2 Å². The van der Waals surface area contributed by atoms with Gasteiger partial charge in [0.15, 0.2) is 0 Å². The first kappa shape index (κ1) is 25.0. The SMILES string of the molecule is CCS(=O)(=O)NC(CCSC)C(=O)N1CCN(S(=O)(=O)c2ccc3ccccc3c2)CC1. The number of thioether (sulfide) groups is 1. The smallest absolute Gasteiger partial charge is 0.243 e. The number of nitrogens with zero attached hydrogens (tertiary/aromatic N) is 2. The van der Waals surface area contributed by atoms with Crippen LogP contribution in [0.4, 0.5) is 0 Å². The van der Waals surface area contributed by atoms with E-state index in [1.807, 2.05) is 30.5 Å². The Kier molecular flexibility index (Phi) is 8.21. The van der Waals surface area contributed by atoms with Gasteiger partial charge in [0.1, 0.15) is 6.04 Å². The standard InChI is InChI=1S/C21H29N3O5S3/c1-3-31(26,27)22-20(10-15-30-2)21(25)23-11-13-24(14-12-23)32(28,29)19-9-8-17-6-4-5-7-18(17)16-19/h4-9,16,20,22H,3,10-15H2,1-2H3. The number of carbonyl (C=O) groups excluding carboxylic acids is 1. The summed E-state index contributed by atoms with van der Waals surface area (Å²) in [5, 5.41) is 1.81. The summed E-state index contributed by atoms with van der Waals surface area (Å²) in [7, 11) is -7.22. The number of piperazine rings is 1. The highest BCUT2D eigenvalue weighted by Crippen LogP contribution is 2.23. The van der Waals surface area contributed by atoms with Crippen molar-refractivity contribution in [1.29, 1.82) is 0 Å². The van der Waals surface area contributed by atoms with Gasteiger partial charge in [-0.1, -0.05) is 30.3 Å². The number of fused-ring (bicyclic) bond motifs is 1. The minimum atomic E-state index is -3.69. The molecule has 1 fully saturated rings. The van der Waals surface area contributed by atoms with E-state index in [-0.39, 0.29) is 42.7 Å². The molecule has 1 unspecified atom stereocenters. The Morgan fingerprint density at radius 1 is 1.03 bits per heavy atom. The maximum Gasteiger partial charge on any atom is 0.243 e. The Morgan fingerprint density at radius 2 is 1.69 bits per heavy atom. The van der Waals surface area contributed by atoms with Crippen LogP contribution in [0.3, 0.4) is 0 Å². The molecule has 0 spiro atoms. The van der Waals surface area contributed by atoms with Crippen LogP contribution < -0.4 is 4.72 Å². The Hall–Kier alpha value is -1.66. The summed E-state index contributed by atoms with van der Waals surface area (Å²) in [6, 6.07) is 11.8. The second-order valence-electron chi connectivity index (χ2n) is 7.59. The molecule has 11 heteroatoms. The maximum absolute atomic E-state index is 13.1. The third kappa shape index (κ3) is 5.82. The second kappa shape index (κ2) is 10.5. The molecule has 1 aliphatic rings. The third-order valence-corrected chi connectivity index (χ3v) is 9.46. The summed E-state index contributed by atoms with van der Waals surface area (Å²) in [5.41, 5.74) is 0. The zero-order valence-corrected chi connectivity index (χ0v) is 20.7. The number of rotatable bonds is 9. The van der Waals surface area contributed by atoms with Gasteiger partial charge in [0.2, 0.25) is 26.0 Å². The monoisotopic (exact) mass is 499 g/mol. The molecule has 1 N–H and O–H groups in total. The van der Waals surface area contributed by atoms with Gasteiger partial charge in [-0.05, 0) is 48.3 Å². The summed E-state index contributed by atoms with van der Waals surface area (Å²) in [5.74, 6) is 0.228. The molecule has 0 saturated carbocycles. The minimum absolute atomic E-state index is 0.103. The van der Waals surface area contributed by atoms with Crippen LogP contribution in [-0.2, 0) is 24.8 Å². The van der Waals surface area contributed by atoms with E-state index in [9.17, 15) is 21.6 Å². The summed E-state index contributed by atoms with van der Waals surface area (Å²) in [4.78, 5) is 14.8. The number of carbonyl (C=O) groups is 1. The highest BCUT2D eigenvalue weighted by Gasteiger charge is 2.33. The average molecular weight is 500 g/mol. The Morgan fingerprint density at radius 3 is 2.31 bits per heavy atom. The van der Waals surface area contributed by atoms with E-state index >= 15 is 0 Å². The van der Waals surface area contributed by atoms with Gasteiger partial charge in [-0.3, -0.25) is 4.79 Å². The quantitative estimate of drug-likeness (QED) is 0.564. The molecule has 1 saturated heterocycles. The van der Waals surface area contributed by atoms with Crippen LogP contribution in [0, 0.1) is 0 Å². The Labute approximate surface area is 194 Å². The van der Waals surface area contributed by atoms with Gasteiger partial charge in [0, 0.05) is 26.2 Å². The zero-order valence-electron chi connectivity index (χ0n) is 18.2. The first-order valence-electron chi connectivity index (χ1n) is 10.4. The van der Waals surface area contributed by atoms with Gasteiger partial charge >= 0.3 is 0 Å². The van der Waals surface area contributed by atoms with Gasteiger partial charge in [-0.25, -0.2) is 21.6 Å². The Balaban J connectivity index is 1.70. The van der Waals surface area contributed by atoms with E-state index < -0.39 is 26.1 Å². The van der Waals surface area contributed by atoms with Crippen molar-refractivity contribution in [3.8, 4) is 0 Å². The molecule has 1 atom stereocenters. The van der Waals surface area contributed by atoms with Crippen LogP contribution in [0.25, 0.3) is 10.8 Å². The first-order valence-corrected chi connectivity index (χ1v) is 14.9. The number of hydrogen-bond acceptors (Lipinski definition) is 6. The average Bonchev–Trinajstić information content (AvgIpc) is 2.81. The fourth-order valence-corrected chi connectivity index (χ4v) is 6.36. The lowest BCUT2D eigenvalue weighted by atomic mass is 10.1. The van der Waals surface area contributed by atoms with Crippen molar-refractivity contribution < 1.29 is 21.6 Å². The molecule has 8 nitrogen and oxygen atoms in total. The van der Waals surface area contributed by atoms with Gasteiger partial charge in [0.25, 0.3) is 0 Å². The number of amides is 1. The molecule has 2 aromatic carbocycles. The van der Waals surface area contributed by atoms with E-state index in [1.165, 1.54) is 23.0 Å². The van der Waals surface area contributed by atoms with Gasteiger partial charge in [0.05, 0.1) is 10.6 Å². The van der Waals surface area contributed by atoms with Crippen molar-refractivity contribution >= 4 is 48.5 Å². The van der Waals surface area contributed by atoms with Gasteiger partial charge < -0.3 is 4.90 Å². The summed E-state index contributed by atoms with van der Waals surface area (Å²) >= 11 is 1.54. The number of nitrogens with one attached hydrogen (secondary N) is 1. The fourth-order valence-electron chi connectivity index (χ4n) is 3.61. The topological polar surface area (TPSA) is 104 Å². The largest absolute Gasteiger partial charge is 0.339 e. The molecule has 1 heterocycles. The van der Waals surface area contributed by atoms with Crippen molar-refractivity contribution in [3.63, 3.8) is 0 Å². The number of benzene rings is 2. The highest BCUT2D eigenvalue weighted by atomic mass is 32.2. The summed E-state index contributed by atoms with van der Waals surface area (Å²) < 4.78 is 54.2. The van der Waals surface area contributed by atoms with E-state index in [4.69, 9.17) is 0 Å². The molecular weight excluding hydrogens is 470 g/mol. The maximum atomic E-state index is 13.1. The lowest BCUT2D eigenvalue weighted by molar-refractivity contribution is -0.134.